The van der Waals surface area contributed by atoms with Crippen LogP contribution >= 0.6 is 0 Å². The summed E-state index contributed by atoms with van der Waals surface area (Å²) in [4.78, 5) is 46.7. The summed E-state index contributed by atoms with van der Waals surface area (Å²) < 4.78 is 0. The van der Waals surface area contributed by atoms with Gasteiger partial charge in [-0.25, -0.2) is 9.59 Å². The highest BCUT2D eigenvalue weighted by Crippen LogP contribution is 2.20. The van der Waals surface area contributed by atoms with E-state index in [0.29, 0.717) is 37.5 Å². The number of rotatable bonds is 8. The molecule has 1 aliphatic heterocycles. The Bertz CT molecular complexity index is 470. The zero-order chi connectivity index (χ0) is 19.2. The molecule has 1 saturated heterocycles. The molecule has 0 atom stereocenters. The van der Waals surface area contributed by atoms with Crippen LogP contribution in [0.4, 0.5) is 0 Å². The minimum Gasteiger partial charge on any atom is -0.478 e. The Kier molecular flexibility index (Phi) is 11.3. The number of nitrogens with two attached hydrogens (primary N) is 1. The lowest BCUT2D eigenvalue weighted by Gasteiger charge is -2.31. The van der Waals surface area contributed by atoms with Gasteiger partial charge in [-0.2, -0.15) is 0 Å². The molecule has 0 bridgehead atoms. The Morgan fingerprint density at radius 3 is 2.12 bits per heavy atom. The number of amides is 1. The molecule has 0 aromatic rings. The van der Waals surface area contributed by atoms with Gasteiger partial charge in [0.15, 0.2) is 0 Å². The van der Waals surface area contributed by atoms with Crippen molar-refractivity contribution in [3.8, 4) is 0 Å². The van der Waals surface area contributed by atoms with Gasteiger partial charge in [-0.3, -0.25) is 4.79 Å². The van der Waals surface area contributed by atoms with Gasteiger partial charge in [0.25, 0.3) is 5.09 Å². The molecule has 0 unspecified atom stereocenters. The summed E-state index contributed by atoms with van der Waals surface area (Å²) in [5.74, 6) is -2.00. The lowest BCUT2D eigenvalue weighted by atomic mass is 9.94. The lowest BCUT2D eigenvalue weighted by molar-refractivity contribution is -0.758. The van der Waals surface area contributed by atoms with Crippen molar-refractivity contribution in [3.63, 3.8) is 0 Å². The maximum atomic E-state index is 11.5. The molecule has 1 fully saturated rings. The van der Waals surface area contributed by atoms with E-state index in [4.69, 9.17) is 15.9 Å². The van der Waals surface area contributed by atoms with Gasteiger partial charge in [0.05, 0.1) is 6.61 Å². The molecule has 0 saturated carbocycles. The molecule has 11 heteroatoms. The van der Waals surface area contributed by atoms with Gasteiger partial charge >= 0.3 is 11.9 Å². The number of nitrogens with zero attached hydrogens (tertiary/aromatic N) is 2. The number of aliphatic carboxylic acids is 2. The molecule has 0 radical (unpaired) electrons. The van der Waals surface area contributed by atoms with Crippen LogP contribution in [0, 0.1) is 16.0 Å². The number of carboxylic acid groups (broad SMARTS) is 2. The monoisotopic (exact) mass is 361 g/mol. The fourth-order valence-corrected chi connectivity index (χ4v) is 2.19. The van der Waals surface area contributed by atoms with Crippen LogP contribution in [-0.4, -0.2) is 64.3 Å². The van der Waals surface area contributed by atoms with Gasteiger partial charge < -0.3 is 25.7 Å². The van der Waals surface area contributed by atoms with Gasteiger partial charge in [0, 0.05) is 38.2 Å². The van der Waals surface area contributed by atoms with Crippen LogP contribution < -0.4 is 5.73 Å². The summed E-state index contributed by atoms with van der Waals surface area (Å²) in [5.41, 5.74) is 5.33. The number of carbonyl (C=O) groups excluding carboxylic acids is 1. The third kappa shape index (κ3) is 12.4. The SMILES string of the molecule is NCCC(=O)N1CCC(CCO[N+](=O)[O-])CC1.O=C(O)/C=C/C(=O)O. The molecule has 25 heavy (non-hydrogen) atoms. The van der Waals surface area contributed by atoms with E-state index in [1.54, 1.807) is 0 Å². The molecular weight excluding hydrogens is 338 g/mol. The van der Waals surface area contributed by atoms with Gasteiger partial charge in [-0.15, -0.1) is 10.1 Å². The maximum absolute atomic E-state index is 11.5. The lowest BCUT2D eigenvalue weighted by Crippen LogP contribution is -2.39. The van der Waals surface area contributed by atoms with Crippen LogP contribution in [0.2, 0.25) is 0 Å². The Labute approximate surface area is 144 Å². The summed E-state index contributed by atoms with van der Waals surface area (Å²) in [5, 5.41) is 24.8. The zero-order valence-electron chi connectivity index (χ0n) is 13.7. The van der Waals surface area contributed by atoms with E-state index in [1.165, 1.54) is 0 Å². The molecule has 1 aliphatic rings. The Morgan fingerprint density at radius 2 is 1.72 bits per heavy atom. The molecule has 11 nitrogen and oxygen atoms in total. The Hall–Kier alpha value is -2.69. The van der Waals surface area contributed by atoms with Crippen molar-refractivity contribution in [2.75, 3.05) is 26.2 Å². The maximum Gasteiger partial charge on any atom is 0.328 e. The van der Waals surface area contributed by atoms with E-state index >= 15 is 0 Å². The molecule has 0 spiro atoms. The van der Waals surface area contributed by atoms with Crippen molar-refractivity contribution in [2.24, 2.45) is 11.7 Å². The molecule has 1 amide bonds. The first-order valence-electron chi connectivity index (χ1n) is 7.65. The Balaban J connectivity index is 0.000000609. The smallest absolute Gasteiger partial charge is 0.328 e. The minimum atomic E-state index is -1.26. The predicted octanol–water partition coefficient (Wildman–Crippen LogP) is -0.116. The number of carbonyl (C=O) groups is 3. The van der Waals surface area contributed by atoms with Crippen molar-refractivity contribution in [2.45, 2.75) is 25.7 Å². The first kappa shape index (κ1) is 22.3. The first-order valence-corrected chi connectivity index (χ1v) is 7.65. The van der Waals surface area contributed by atoms with Crippen LogP contribution in [0.15, 0.2) is 12.2 Å². The fraction of sp³-hybridized carbons (Fsp3) is 0.643. The van der Waals surface area contributed by atoms with E-state index in [9.17, 15) is 24.5 Å². The average Bonchev–Trinajstić information content (AvgIpc) is 2.54. The first-order chi connectivity index (χ1) is 11.8. The number of hydrogen-bond donors (Lipinski definition) is 3. The van der Waals surface area contributed by atoms with Crippen molar-refractivity contribution in [3.05, 3.63) is 22.3 Å². The van der Waals surface area contributed by atoms with E-state index in [2.05, 4.69) is 4.84 Å². The minimum absolute atomic E-state index is 0.104. The topological polar surface area (TPSA) is 173 Å². The molecule has 0 aromatic heterocycles. The predicted molar refractivity (Wildman–Crippen MR) is 85.0 cm³/mol. The molecule has 0 aromatic carbocycles. The van der Waals surface area contributed by atoms with Crippen molar-refractivity contribution < 1.29 is 34.5 Å². The molecule has 142 valence electrons. The van der Waals surface area contributed by atoms with E-state index in [0.717, 1.165) is 25.9 Å². The highest BCUT2D eigenvalue weighted by Gasteiger charge is 2.22. The molecule has 1 heterocycles. The Morgan fingerprint density at radius 1 is 1.20 bits per heavy atom. The quantitative estimate of drug-likeness (QED) is 0.302. The van der Waals surface area contributed by atoms with Gasteiger partial charge in [0.1, 0.15) is 0 Å². The van der Waals surface area contributed by atoms with E-state index in [-0.39, 0.29) is 12.5 Å². The molecule has 0 aliphatic carbocycles. The van der Waals surface area contributed by atoms with Gasteiger partial charge in [-0.05, 0) is 25.2 Å². The van der Waals surface area contributed by atoms with Crippen LogP contribution in [0.25, 0.3) is 0 Å². The number of likely N-dealkylation sites (tertiary alicyclic amines) is 1. The largest absolute Gasteiger partial charge is 0.478 e. The zero-order valence-corrected chi connectivity index (χ0v) is 13.7. The van der Waals surface area contributed by atoms with Crippen molar-refractivity contribution in [1.29, 1.82) is 0 Å². The highest BCUT2D eigenvalue weighted by atomic mass is 16.9. The number of hydrogen-bond acceptors (Lipinski definition) is 7. The van der Waals surface area contributed by atoms with E-state index < -0.39 is 17.0 Å². The molecular formula is C14H23N3O8. The normalized spacial score (nSPS) is 14.5. The second kappa shape index (κ2) is 12.7. The summed E-state index contributed by atoms with van der Waals surface area (Å²) in [6.45, 7) is 1.98. The van der Waals surface area contributed by atoms with Crippen LogP contribution in [0.3, 0.4) is 0 Å². The number of carboxylic acids is 2. The van der Waals surface area contributed by atoms with Gasteiger partial charge in [0.2, 0.25) is 5.91 Å². The second-order valence-corrected chi connectivity index (χ2v) is 5.22. The van der Waals surface area contributed by atoms with Crippen LogP contribution in [-0.2, 0) is 19.2 Å². The summed E-state index contributed by atoms with van der Waals surface area (Å²) in [6, 6.07) is 0. The van der Waals surface area contributed by atoms with Crippen LogP contribution in [0.1, 0.15) is 25.7 Å². The summed E-state index contributed by atoms with van der Waals surface area (Å²) >= 11 is 0. The molecule has 4 N–H and O–H groups in total. The summed E-state index contributed by atoms with van der Waals surface area (Å²) in [7, 11) is 0. The van der Waals surface area contributed by atoms with Crippen LogP contribution in [0.5, 0.6) is 0 Å². The molecule has 1 rings (SSSR count). The fourth-order valence-electron chi connectivity index (χ4n) is 2.19. The summed E-state index contributed by atoms with van der Waals surface area (Å²) in [6.07, 6.45) is 3.97. The second-order valence-electron chi connectivity index (χ2n) is 5.22. The third-order valence-corrected chi connectivity index (χ3v) is 3.42. The highest BCUT2D eigenvalue weighted by molar-refractivity contribution is 5.89. The van der Waals surface area contributed by atoms with Crippen molar-refractivity contribution in [1.82, 2.24) is 4.90 Å². The van der Waals surface area contributed by atoms with Gasteiger partial charge in [-0.1, -0.05) is 0 Å². The van der Waals surface area contributed by atoms with E-state index in [1.807, 2.05) is 4.90 Å². The standard InChI is InChI=1S/C10H19N3O4.C4H4O4/c11-5-1-10(14)12-6-2-9(3-7-12)4-8-17-13(15)16;5-3(6)1-2-4(7)8/h9H,1-8,11H2;1-2H,(H,5,6)(H,7,8)/b;2-1+. The third-order valence-electron chi connectivity index (χ3n) is 3.42. The average molecular weight is 361 g/mol. The van der Waals surface area contributed by atoms with Crippen molar-refractivity contribution >= 4 is 17.8 Å². The number of piperidine rings is 1.